The molecule has 1 aromatic rings. The average molecular weight is 241 g/mol. The fourth-order valence-corrected chi connectivity index (χ4v) is 1.17. The Morgan fingerprint density at radius 2 is 1.88 bits per heavy atom. The number of pyridine rings is 1. The average Bonchev–Trinajstić information content (AvgIpc) is 2.18. The van der Waals surface area contributed by atoms with Crippen molar-refractivity contribution in [1.82, 2.24) is 4.98 Å². The van der Waals surface area contributed by atoms with Gasteiger partial charge in [-0.05, 0) is 6.07 Å². The molecule has 0 saturated heterocycles. The monoisotopic (exact) mass is 241 g/mol. The van der Waals surface area contributed by atoms with Gasteiger partial charge in [0.05, 0.1) is 0 Å². The molecule has 0 aliphatic heterocycles. The van der Waals surface area contributed by atoms with Gasteiger partial charge in [-0.2, -0.15) is 22.0 Å². The summed E-state index contributed by atoms with van der Waals surface area (Å²) in [5.74, 6) is -4.95. The van der Waals surface area contributed by atoms with Crippen molar-refractivity contribution in [2.45, 2.75) is 18.2 Å². The van der Waals surface area contributed by atoms with E-state index in [4.69, 9.17) is 0 Å². The standard InChI is InChI=1S/C9H8F5NO/c1-16-7(6-3-2-4-15-5-6)8(10,11)9(12,13)14/h2-5,7H,1H3. The second kappa shape index (κ2) is 4.32. The Morgan fingerprint density at radius 1 is 1.25 bits per heavy atom. The van der Waals surface area contributed by atoms with Gasteiger partial charge in [0, 0.05) is 25.1 Å². The van der Waals surface area contributed by atoms with Gasteiger partial charge in [0.25, 0.3) is 0 Å². The smallest absolute Gasteiger partial charge is 0.370 e. The highest BCUT2D eigenvalue weighted by Gasteiger charge is 2.63. The van der Waals surface area contributed by atoms with Crippen LogP contribution in [0.2, 0.25) is 0 Å². The number of ether oxygens (including phenoxy) is 1. The summed E-state index contributed by atoms with van der Waals surface area (Å²) in [4.78, 5) is 3.47. The van der Waals surface area contributed by atoms with E-state index in [0.717, 1.165) is 19.4 Å². The lowest BCUT2D eigenvalue weighted by Gasteiger charge is -2.27. The van der Waals surface area contributed by atoms with Gasteiger partial charge < -0.3 is 4.74 Å². The fraction of sp³-hybridized carbons (Fsp3) is 0.444. The molecule has 16 heavy (non-hydrogen) atoms. The first-order valence-electron chi connectivity index (χ1n) is 4.18. The Hall–Kier alpha value is -1.24. The third-order valence-corrected chi connectivity index (χ3v) is 1.93. The summed E-state index contributed by atoms with van der Waals surface area (Å²) in [5, 5.41) is 0. The number of rotatable bonds is 3. The number of alkyl halides is 5. The molecule has 1 rings (SSSR count). The maximum Gasteiger partial charge on any atom is 0.456 e. The molecule has 1 atom stereocenters. The minimum Gasteiger partial charge on any atom is -0.370 e. The summed E-state index contributed by atoms with van der Waals surface area (Å²) in [6, 6.07) is 2.36. The molecule has 0 bridgehead atoms. The molecule has 1 aromatic heterocycles. The Labute approximate surface area is 88.1 Å². The van der Waals surface area contributed by atoms with Crippen LogP contribution in [-0.2, 0) is 4.74 Å². The van der Waals surface area contributed by atoms with Gasteiger partial charge in [0.2, 0.25) is 0 Å². The highest BCUT2D eigenvalue weighted by atomic mass is 19.4. The Bertz CT molecular complexity index is 338. The second-order valence-corrected chi connectivity index (χ2v) is 3.02. The van der Waals surface area contributed by atoms with Crippen molar-refractivity contribution < 1.29 is 26.7 Å². The van der Waals surface area contributed by atoms with E-state index < -0.39 is 18.2 Å². The van der Waals surface area contributed by atoms with Crippen molar-refractivity contribution in [2.75, 3.05) is 7.11 Å². The van der Waals surface area contributed by atoms with Crippen LogP contribution in [-0.4, -0.2) is 24.2 Å². The number of hydrogen-bond acceptors (Lipinski definition) is 2. The van der Waals surface area contributed by atoms with E-state index in [1.165, 1.54) is 12.3 Å². The van der Waals surface area contributed by atoms with Gasteiger partial charge in [0.15, 0.2) is 6.10 Å². The minimum absolute atomic E-state index is 0.327. The third kappa shape index (κ3) is 2.29. The van der Waals surface area contributed by atoms with Gasteiger partial charge >= 0.3 is 12.1 Å². The van der Waals surface area contributed by atoms with E-state index in [9.17, 15) is 22.0 Å². The van der Waals surface area contributed by atoms with Crippen LogP contribution in [0.4, 0.5) is 22.0 Å². The summed E-state index contributed by atoms with van der Waals surface area (Å²) in [6.45, 7) is 0. The van der Waals surface area contributed by atoms with Crippen LogP contribution in [0.1, 0.15) is 11.7 Å². The van der Waals surface area contributed by atoms with Gasteiger partial charge in [-0.3, -0.25) is 4.98 Å². The molecule has 0 spiro atoms. The molecule has 0 saturated carbocycles. The van der Waals surface area contributed by atoms with Crippen molar-refractivity contribution in [3.63, 3.8) is 0 Å². The van der Waals surface area contributed by atoms with Crippen LogP contribution in [0, 0.1) is 0 Å². The minimum atomic E-state index is -5.66. The van der Waals surface area contributed by atoms with Crippen molar-refractivity contribution >= 4 is 0 Å². The molecule has 0 radical (unpaired) electrons. The summed E-state index contributed by atoms with van der Waals surface area (Å²) < 4.78 is 66.5. The van der Waals surface area contributed by atoms with Crippen molar-refractivity contribution in [3.8, 4) is 0 Å². The number of halogens is 5. The third-order valence-electron chi connectivity index (χ3n) is 1.93. The van der Waals surface area contributed by atoms with E-state index in [1.807, 2.05) is 0 Å². The van der Waals surface area contributed by atoms with Crippen molar-refractivity contribution in [2.24, 2.45) is 0 Å². The summed E-state index contributed by atoms with van der Waals surface area (Å²) in [6.07, 6.45) is -5.87. The van der Waals surface area contributed by atoms with Crippen LogP contribution in [0.3, 0.4) is 0 Å². The molecular weight excluding hydrogens is 233 g/mol. The van der Waals surface area contributed by atoms with Gasteiger partial charge in [-0.15, -0.1) is 0 Å². The van der Waals surface area contributed by atoms with E-state index in [1.54, 1.807) is 0 Å². The Morgan fingerprint density at radius 3 is 2.25 bits per heavy atom. The predicted octanol–water partition coefficient (Wildman–Crippen LogP) is 2.97. The normalized spacial score (nSPS) is 14.9. The molecule has 0 aliphatic rings. The second-order valence-electron chi connectivity index (χ2n) is 3.02. The summed E-state index contributed by atoms with van der Waals surface area (Å²) in [7, 11) is 0.789. The van der Waals surface area contributed by atoms with Crippen LogP contribution in [0.15, 0.2) is 24.5 Å². The maximum absolute atomic E-state index is 13.0. The first-order valence-corrected chi connectivity index (χ1v) is 4.18. The van der Waals surface area contributed by atoms with Crippen LogP contribution < -0.4 is 0 Å². The summed E-state index contributed by atoms with van der Waals surface area (Å²) in [5.41, 5.74) is -0.327. The molecule has 0 aliphatic carbocycles. The van der Waals surface area contributed by atoms with E-state index in [-0.39, 0.29) is 5.56 Å². The van der Waals surface area contributed by atoms with E-state index >= 15 is 0 Å². The first-order chi connectivity index (χ1) is 7.30. The molecule has 1 unspecified atom stereocenters. The number of aromatic nitrogens is 1. The summed E-state index contributed by atoms with van der Waals surface area (Å²) >= 11 is 0. The quantitative estimate of drug-likeness (QED) is 0.759. The molecule has 0 aromatic carbocycles. The molecule has 0 N–H and O–H groups in total. The SMILES string of the molecule is COC(c1cccnc1)C(F)(F)C(F)(F)F. The Balaban J connectivity index is 3.09. The van der Waals surface area contributed by atoms with Crippen LogP contribution in [0.25, 0.3) is 0 Å². The van der Waals surface area contributed by atoms with E-state index in [0.29, 0.717) is 0 Å². The highest BCUT2D eigenvalue weighted by molar-refractivity contribution is 5.16. The zero-order valence-corrected chi connectivity index (χ0v) is 8.13. The topological polar surface area (TPSA) is 22.1 Å². The van der Waals surface area contributed by atoms with Gasteiger partial charge in [-0.25, -0.2) is 0 Å². The lowest BCUT2D eigenvalue weighted by Crippen LogP contribution is -2.42. The number of hydrogen-bond donors (Lipinski definition) is 0. The molecule has 90 valence electrons. The molecule has 1 heterocycles. The number of nitrogens with zero attached hydrogens (tertiary/aromatic N) is 1. The lowest BCUT2D eigenvalue weighted by molar-refractivity contribution is -0.318. The lowest BCUT2D eigenvalue weighted by atomic mass is 10.1. The van der Waals surface area contributed by atoms with Gasteiger partial charge in [-0.1, -0.05) is 6.07 Å². The predicted molar refractivity (Wildman–Crippen MR) is 45.0 cm³/mol. The number of methoxy groups -OCH3 is 1. The fourth-order valence-electron chi connectivity index (χ4n) is 1.17. The largest absolute Gasteiger partial charge is 0.456 e. The van der Waals surface area contributed by atoms with Crippen LogP contribution in [0.5, 0.6) is 0 Å². The van der Waals surface area contributed by atoms with E-state index in [2.05, 4.69) is 9.72 Å². The first kappa shape index (κ1) is 12.8. The van der Waals surface area contributed by atoms with Crippen molar-refractivity contribution in [1.29, 1.82) is 0 Å². The van der Waals surface area contributed by atoms with Crippen molar-refractivity contribution in [3.05, 3.63) is 30.1 Å². The maximum atomic E-state index is 13.0. The molecular formula is C9H8F5NO. The van der Waals surface area contributed by atoms with Gasteiger partial charge in [0.1, 0.15) is 0 Å². The zero-order chi connectivity index (χ0) is 12.4. The van der Waals surface area contributed by atoms with Crippen LogP contribution >= 0.6 is 0 Å². The molecule has 0 fully saturated rings. The molecule has 2 nitrogen and oxygen atoms in total. The zero-order valence-electron chi connectivity index (χ0n) is 8.13. The highest BCUT2D eigenvalue weighted by Crippen LogP contribution is 2.45. The Kier molecular flexibility index (Phi) is 3.47. The molecule has 0 amide bonds. The molecule has 7 heteroatoms.